The molecule has 0 atom stereocenters. The molecule has 0 radical (unpaired) electrons. The second kappa shape index (κ2) is 9.21. The molecule has 1 saturated carbocycles. The Balaban J connectivity index is 1.18. The average molecular weight is 516 g/mol. The van der Waals surface area contributed by atoms with Crippen LogP contribution in [0.1, 0.15) is 51.6 Å². The fourth-order valence-corrected chi connectivity index (χ4v) is 4.51. The number of carbonyl (C=O) groups excluding carboxylic acids is 1. The SMILES string of the molecule is O=C(O)C=Cc1cc(C2CC2)cn2cc(Cn3cc(C(=O)NCc4ncn5ccc(Cl)cc45)cn3)nc12. The summed E-state index contributed by atoms with van der Waals surface area (Å²) in [4.78, 5) is 32.8. The fourth-order valence-electron chi connectivity index (χ4n) is 4.35. The number of fused-ring (bicyclic) bond motifs is 2. The van der Waals surface area contributed by atoms with E-state index in [0.29, 0.717) is 34.4 Å². The molecule has 0 saturated heterocycles. The van der Waals surface area contributed by atoms with Crippen molar-refractivity contribution in [3.05, 3.63) is 94.7 Å². The second-order valence-corrected chi connectivity index (χ2v) is 9.51. The first-order valence-electron chi connectivity index (χ1n) is 11.8. The minimum Gasteiger partial charge on any atom is -0.478 e. The monoisotopic (exact) mass is 515 g/mol. The number of carboxylic acid groups (broad SMARTS) is 1. The Morgan fingerprint density at radius 2 is 2.05 bits per heavy atom. The molecule has 5 aromatic heterocycles. The summed E-state index contributed by atoms with van der Waals surface area (Å²) in [5.41, 5.74) is 5.32. The number of carbonyl (C=O) groups is 2. The number of halogens is 1. The van der Waals surface area contributed by atoms with Gasteiger partial charge in [0.2, 0.25) is 0 Å². The van der Waals surface area contributed by atoms with Crippen molar-refractivity contribution in [2.45, 2.75) is 31.8 Å². The summed E-state index contributed by atoms with van der Waals surface area (Å²) in [7, 11) is 0. The van der Waals surface area contributed by atoms with Gasteiger partial charge in [0, 0.05) is 41.4 Å². The van der Waals surface area contributed by atoms with Crippen LogP contribution in [-0.4, -0.2) is 45.5 Å². The van der Waals surface area contributed by atoms with E-state index in [4.69, 9.17) is 21.7 Å². The van der Waals surface area contributed by atoms with Crippen molar-refractivity contribution in [2.75, 3.05) is 0 Å². The predicted octanol–water partition coefficient (Wildman–Crippen LogP) is 3.79. The van der Waals surface area contributed by atoms with Crippen molar-refractivity contribution < 1.29 is 14.7 Å². The molecule has 1 aliphatic rings. The van der Waals surface area contributed by atoms with Crippen LogP contribution in [-0.2, 0) is 17.9 Å². The topological polar surface area (TPSA) is 119 Å². The number of nitrogens with zero attached hydrogens (tertiary/aromatic N) is 6. The molecule has 0 unspecified atom stereocenters. The number of imidazole rings is 2. The third kappa shape index (κ3) is 4.83. The van der Waals surface area contributed by atoms with Crippen LogP contribution in [0.15, 0.2) is 61.6 Å². The summed E-state index contributed by atoms with van der Waals surface area (Å²) in [6.45, 7) is 0.614. The maximum Gasteiger partial charge on any atom is 0.328 e. The van der Waals surface area contributed by atoms with Gasteiger partial charge in [-0.05, 0) is 48.6 Å². The molecule has 2 N–H and O–H groups in total. The second-order valence-electron chi connectivity index (χ2n) is 9.08. The molecule has 186 valence electrons. The number of hydrogen-bond donors (Lipinski definition) is 2. The largest absolute Gasteiger partial charge is 0.478 e. The molecule has 10 nitrogen and oxygen atoms in total. The van der Waals surface area contributed by atoms with E-state index < -0.39 is 5.97 Å². The summed E-state index contributed by atoms with van der Waals surface area (Å²) in [5, 5.41) is 16.9. The number of rotatable bonds is 8. The Hall–Kier alpha value is -4.44. The normalized spacial score (nSPS) is 13.6. The number of amides is 1. The van der Waals surface area contributed by atoms with Crippen molar-refractivity contribution in [3.8, 4) is 0 Å². The predicted molar refractivity (Wildman–Crippen MR) is 137 cm³/mol. The van der Waals surface area contributed by atoms with Crippen LogP contribution in [0.4, 0.5) is 0 Å². The van der Waals surface area contributed by atoms with Crippen LogP contribution in [0, 0.1) is 0 Å². The lowest BCUT2D eigenvalue weighted by Crippen LogP contribution is -2.22. The van der Waals surface area contributed by atoms with Gasteiger partial charge < -0.3 is 19.2 Å². The quantitative estimate of drug-likeness (QED) is 0.303. The van der Waals surface area contributed by atoms with Crippen LogP contribution >= 0.6 is 11.6 Å². The van der Waals surface area contributed by atoms with E-state index >= 15 is 0 Å². The highest BCUT2D eigenvalue weighted by atomic mass is 35.5. The lowest BCUT2D eigenvalue weighted by atomic mass is 10.1. The number of carboxylic acids is 1. The summed E-state index contributed by atoms with van der Waals surface area (Å²) >= 11 is 6.09. The third-order valence-electron chi connectivity index (χ3n) is 6.32. The highest BCUT2D eigenvalue weighted by molar-refractivity contribution is 6.30. The van der Waals surface area contributed by atoms with E-state index in [-0.39, 0.29) is 12.5 Å². The smallest absolute Gasteiger partial charge is 0.328 e. The fraction of sp³-hybridized carbons (Fsp3) is 0.192. The van der Waals surface area contributed by atoms with Gasteiger partial charge in [0.15, 0.2) is 0 Å². The molecule has 6 rings (SSSR count). The molecule has 1 aliphatic carbocycles. The molecule has 0 aromatic carbocycles. The Kier molecular flexibility index (Phi) is 5.72. The summed E-state index contributed by atoms with van der Waals surface area (Å²) in [6, 6.07) is 5.59. The molecule has 37 heavy (non-hydrogen) atoms. The van der Waals surface area contributed by atoms with E-state index in [1.165, 1.54) is 11.8 Å². The Bertz CT molecular complexity index is 1690. The minimum absolute atomic E-state index is 0.253. The molecule has 1 fully saturated rings. The van der Waals surface area contributed by atoms with E-state index in [9.17, 15) is 9.59 Å². The number of aliphatic carboxylic acids is 1. The number of aromatic nitrogens is 6. The molecule has 0 spiro atoms. The van der Waals surface area contributed by atoms with Gasteiger partial charge in [0.05, 0.1) is 48.1 Å². The number of pyridine rings is 2. The molecular formula is C26H22ClN7O3. The van der Waals surface area contributed by atoms with Crippen LogP contribution in [0.3, 0.4) is 0 Å². The molecule has 1 amide bonds. The highest BCUT2D eigenvalue weighted by Gasteiger charge is 2.25. The molecule has 11 heteroatoms. The van der Waals surface area contributed by atoms with Crippen molar-refractivity contribution in [1.82, 2.24) is 33.9 Å². The molecule has 5 heterocycles. The standard InChI is InChI=1S/C26H22ClN7O3/c27-20-5-6-32-15-29-22(23(32)8-20)10-28-26(37)19-9-30-34(12-19)14-21-13-33-11-18(16-1-2-16)7-17(25(33)31-21)3-4-24(35)36/h3-9,11-13,15-16H,1-2,10,14H2,(H,28,37)(H,35,36). The van der Waals surface area contributed by atoms with E-state index in [0.717, 1.165) is 35.7 Å². The number of nitrogens with one attached hydrogen (secondary N) is 1. The molecule has 5 aromatic rings. The zero-order valence-electron chi connectivity index (χ0n) is 19.6. The minimum atomic E-state index is -1.01. The van der Waals surface area contributed by atoms with Gasteiger partial charge in [-0.2, -0.15) is 5.10 Å². The summed E-state index contributed by atoms with van der Waals surface area (Å²) in [6.07, 6.45) is 15.6. The van der Waals surface area contributed by atoms with Gasteiger partial charge in [-0.15, -0.1) is 0 Å². The van der Waals surface area contributed by atoms with Crippen LogP contribution in [0.2, 0.25) is 5.02 Å². The van der Waals surface area contributed by atoms with Gasteiger partial charge in [0.1, 0.15) is 5.65 Å². The van der Waals surface area contributed by atoms with Gasteiger partial charge in [0.25, 0.3) is 5.91 Å². The average Bonchev–Trinajstić information content (AvgIpc) is 3.28. The lowest BCUT2D eigenvalue weighted by Gasteiger charge is -2.03. The van der Waals surface area contributed by atoms with Gasteiger partial charge in [-0.25, -0.2) is 14.8 Å². The lowest BCUT2D eigenvalue weighted by molar-refractivity contribution is -0.131. The summed E-state index contributed by atoms with van der Waals surface area (Å²) in [5.74, 6) is -0.759. The van der Waals surface area contributed by atoms with Crippen molar-refractivity contribution in [2.24, 2.45) is 0 Å². The van der Waals surface area contributed by atoms with Gasteiger partial charge >= 0.3 is 5.97 Å². The maximum atomic E-state index is 12.7. The van der Waals surface area contributed by atoms with Crippen LogP contribution < -0.4 is 5.32 Å². The zero-order valence-corrected chi connectivity index (χ0v) is 20.3. The first-order chi connectivity index (χ1) is 17.9. The Labute approximate surface area is 215 Å². The molecular weight excluding hydrogens is 494 g/mol. The highest BCUT2D eigenvalue weighted by Crippen LogP contribution is 2.40. The zero-order chi connectivity index (χ0) is 25.5. The van der Waals surface area contributed by atoms with E-state index in [1.54, 1.807) is 35.4 Å². The van der Waals surface area contributed by atoms with Crippen LogP contribution in [0.25, 0.3) is 17.2 Å². The van der Waals surface area contributed by atoms with Gasteiger partial charge in [-0.1, -0.05) is 11.6 Å². The maximum absolute atomic E-state index is 12.7. The number of hydrogen-bond acceptors (Lipinski definition) is 5. The van der Waals surface area contributed by atoms with Crippen molar-refractivity contribution in [1.29, 1.82) is 0 Å². The van der Waals surface area contributed by atoms with E-state index in [2.05, 4.69) is 21.6 Å². The van der Waals surface area contributed by atoms with Crippen molar-refractivity contribution >= 4 is 40.7 Å². The van der Waals surface area contributed by atoms with Gasteiger partial charge in [-0.3, -0.25) is 9.48 Å². The third-order valence-corrected chi connectivity index (χ3v) is 6.56. The summed E-state index contributed by atoms with van der Waals surface area (Å²) < 4.78 is 5.43. The first-order valence-corrected chi connectivity index (χ1v) is 12.1. The first kappa shape index (κ1) is 23.0. The molecule has 0 aliphatic heterocycles. The van der Waals surface area contributed by atoms with E-state index in [1.807, 2.05) is 27.3 Å². The Morgan fingerprint density at radius 3 is 2.86 bits per heavy atom. The Morgan fingerprint density at radius 1 is 1.19 bits per heavy atom. The van der Waals surface area contributed by atoms with Crippen molar-refractivity contribution in [3.63, 3.8) is 0 Å². The molecule has 0 bridgehead atoms. The van der Waals surface area contributed by atoms with Crippen LogP contribution in [0.5, 0.6) is 0 Å².